The quantitative estimate of drug-likeness (QED) is 0.848. The maximum absolute atomic E-state index is 12.4. The Hall–Kier alpha value is -1.43. The van der Waals surface area contributed by atoms with Gasteiger partial charge >= 0.3 is 0 Å². The number of nitrogens with two attached hydrogens (primary N) is 1. The monoisotopic (exact) mass is 263 g/mol. The van der Waals surface area contributed by atoms with E-state index in [-0.39, 0.29) is 5.91 Å². The highest BCUT2D eigenvalue weighted by molar-refractivity contribution is 5.86. The zero-order valence-electron chi connectivity index (χ0n) is 11.6. The van der Waals surface area contributed by atoms with Crippen molar-refractivity contribution in [1.29, 1.82) is 0 Å². The highest BCUT2D eigenvalue weighted by atomic mass is 16.2. The Kier molecular flexibility index (Phi) is 2.85. The predicted molar refractivity (Wildman–Crippen MR) is 70.1 cm³/mol. The van der Waals surface area contributed by atoms with Crippen LogP contribution in [0, 0.1) is 5.92 Å². The number of aromatic nitrogens is 3. The summed E-state index contributed by atoms with van der Waals surface area (Å²) in [5.41, 5.74) is 5.44. The van der Waals surface area contributed by atoms with Gasteiger partial charge in [-0.1, -0.05) is 0 Å². The third-order valence-electron chi connectivity index (χ3n) is 4.30. The molecule has 2 aliphatic rings. The Morgan fingerprint density at radius 2 is 2.26 bits per heavy atom. The standard InChI is InChI=1S/C13H21N5O/c1-13(14,9-5-6-9)12(19)17(2)8-11-16-15-10-4-3-7-18(10)11/h9H,3-8,14H2,1-2H3. The maximum Gasteiger partial charge on any atom is 0.242 e. The SMILES string of the molecule is CN(Cc1nnc2n1CCC2)C(=O)C(C)(N)C1CC1. The number of hydrogen-bond acceptors (Lipinski definition) is 4. The van der Waals surface area contributed by atoms with E-state index < -0.39 is 5.54 Å². The number of aryl methyl sites for hydroxylation is 1. The average molecular weight is 263 g/mol. The Labute approximate surface area is 113 Å². The Morgan fingerprint density at radius 3 is 2.95 bits per heavy atom. The Balaban J connectivity index is 1.70. The summed E-state index contributed by atoms with van der Waals surface area (Å²) in [5.74, 6) is 2.25. The van der Waals surface area contributed by atoms with E-state index in [1.807, 2.05) is 6.92 Å². The van der Waals surface area contributed by atoms with Crippen molar-refractivity contribution in [2.45, 2.75) is 51.2 Å². The van der Waals surface area contributed by atoms with E-state index in [9.17, 15) is 4.79 Å². The number of carbonyl (C=O) groups is 1. The molecule has 1 aliphatic heterocycles. The molecule has 2 heterocycles. The van der Waals surface area contributed by atoms with Gasteiger partial charge in [0.15, 0.2) is 5.82 Å². The lowest BCUT2D eigenvalue weighted by Gasteiger charge is -2.29. The molecule has 104 valence electrons. The molecule has 0 bridgehead atoms. The summed E-state index contributed by atoms with van der Waals surface area (Å²) < 4.78 is 2.12. The zero-order chi connectivity index (χ0) is 13.6. The van der Waals surface area contributed by atoms with Gasteiger partial charge in [0.2, 0.25) is 5.91 Å². The molecule has 1 amide bonds. The smallest absolute Gasteiger partial charge is 0.242 e. The molecule has 3 rings (SSSR count). The van der Waals surface area contributed by atoms with Gasteiger partial charge in [-0.3, -0.25) is 4.79 Å². The number of likely N-dealkylation sites (N-methyl/N-ethyl adjacent to an activating group) is 1. The van der Waals surface area contributed by atoms with E-state index in [1.54, 1.807) is 11.9 Å². The second kappa shape index (κ2) is 4.30. The molecule has 1 aromatic heterocycles. The van der Waals surface area contributed by atoms with Crippen molar-refractivity contribution >= 4 is 5.91 Å². The van der Waals surface area contributed by atoms with E-state index in [1.165, 1.54) is 0 Å². The van der Waals surface area contributed by atoms with Crippen LogP contribution in [0.1, 0.15) is 37.8 Å². The van der Waals surface area contributed by atoms with E-state index in [0.717, 1.165) is 43.9 Å². The molecule has 1 fully saturated rings. The minimum absolute atomic E-state index is 0.00495. The van der Waals surface area contributed by atoms with Crippen molar-refractivity contribution in [3.05, 3.63) is 11.6 Å². The van der Waals surface area contributed by atoms with Crippen LogP contribution in [-0.2, 0) is 24.3 Å². The number of carbonyl (C=O) groups excluding carboxylic acids is 1. The molecule has 0 aromatic carbocycles. The minimum atomic E-state index is -0.734. The van der Waals surface area contributed by atoms with Crippen LogP contribution in [-0.4, -0.2) is 38.2 Å². The fourth-order valence-electron chi connectivity index (χ4n) is 2.88. The molecule has 0 spiro atoms. The Morgan fingerprint density at radius 1 is 1.53 bits per heavy atom. The van der Waals surface area contributed by atoms with Gasteiger partial charge in [-0.2, -0.15) is 0 Å². The fourth-order valence-corrected chi connectivity index (χ4v) is 2.88. The fraction of sp³-hybridized carbons (Fsp3) is 0.769. The molecule has 1 atom stereocenters. The van der Waals surface area contributed by atoms with E-state index >= 15 is 0 Å². The normalized spacial score (nSPS) is 21.0. The predicted octanol–water partition coefficient (Wildman–Crippen LogP) is 0.310. The van der Waals surface area contributed by atoms with Crippen LogP contribution in [0.4, 0.5) is 0 Å². The lowest BCUT2D eigenvalue weighted by atomic mass is 9.95. The number of fused-ring (bicyclic) bond motifs is 1. The molecule has 19 heavy (non-hydrogen) atoms. The van der Waals surface area contributed by atoms with E-state index in [0.29, 0.717) is 12.5 Å². The summed E-state index contributed by atoms with van der Waals surface area (Å²) in [6.45, 7) is 3.30. The first kappa shape index (κ1) is 12.6. The highest BCUT2D eigenvalue weighted by Crippen LogP contribution is 2.38. The molecular weight excluding hydrogens is 242 g/mol. The summed E-state index contributed by atoms with van der Waals surface area (Å²) >= 11 is 0. The topological polar surface area (TPSA) is 77.0 Å². The Bertz CT molecular complexity index is 503. The maximum atomic E-state index is 12.4. The van der Waals surface area contributed by atoms with Gasteiger partial charge in [-0.15, -0.1) is 10.2 Å². The first-order valence-corrected chi connectivity index (χ1v) is 6.95. The van der Waals surface area contributed by atoms with Crippen LogP contribution in [0.15, 0.2) is 0 Å². The van der Waals surface area contributed by atoms with Gasteiger partial charge < -0.3 is 15.2 Å². The van der Waals surface area contributed by atoms with Crippen molar-refractivity contribution < 1.29 is 4.79 Å². The molecular formula is C13H21N5O. The van der Waals surface area contributed by atoms with Gasteiger partial charge in [-0.05, 0) is 32.1 Å². The van der Waals surface area contributed by atoms with Crippen molar-refractivity contribution in [3.8, 4) is 0 Å². The molecule has 6 nitrogen and oxygen atoms in total. The molecule has 0 radical (unpaired) electrons. The van der Waals surface area contributed by atoms with Gasteiger partial charge in [0.25, 0.3) is 0 Å². The van der Waals surface area contributed by atoms with E-state index in [2.05, 4.69) is 14.8 Å². The third-order valence-corrected chi connectivity index (χ3v) is 4.30. The first-order chi connectivity index (χ1) is 9.00. The summed E-state index contributed by atoms with van der Waals surface area (Å²) in [6.07, 6.45) is 4.23. The zero-order valence-corrected chi connectivity index (χ0v) is 11.6. The molecule has 1 aromatic rings. The largest absolute Gasteiger partial charge is 0.337 e. The van der Waals surface area contributed by atoms with Crippen LogP contribution in [0.5, 0.6) is 0 Å². The number of rotatable bonds is 4. The second-order valence-corrected chi connectivity index (χ2v) is 6.01. The van der Waals surface area contributed by atoms with Gasteiger partial charge in [0, 0.05) is 20.0 Å². The molecule has 1 saturated carbocycles. The van der Waals surface area contributed by atoms with Gasteiger partial charge in [0.05, 0.1) is 12.1 Å². The van der Waals surface area contributed by atoms with Crippen LogP contribution < -0.4 is 5.73 Å². The van der Waals surface area contributed by atoms with Crippen LogP contribution in [0.2, 0.25) is 0 Å². The summed E-state index contributed by atoms with van der Waals surface area (Å²) in [4.78, 5) is 14.1. The lowest BCUT2D eigenvalue weighted by Crippen LogP contribution is -2.53. The van der Waals surface area contributed by atoms with Crippen molar-refractivity contribution in [2.24, 2.45) is 11.7 Å². The second-order valence-electron chi connectivity index (χ2n) is 6.01. The van der Waals surface area contributed by atoms with E-state index in [4.69, 9.17) is 5.73 Å². The average Bonchev–Trinajstić information content (AvgIpc) is 3.03. The number of hydrogen-bond donors (Lipinski definition) is 1. The van der Waals surface area contributed by atoms with Crippen molar-refractivity contribution in [2.75, 3.05) is 7.05 Å². The summed E-state index contributed by atoms with van der Waals surface area (Å²) in [6, 6.07) is 0. The number of amides is 1. The van der Waals surface area contributed by atoms with Crippen LogP contribution >= 0.6 is 0 Å². The number of nitrogens with zero attached hydrogens (tertiary/aromatic N) is 4. The molecule has 0 saturated heterocycles. The molecule has 1 unspecified atom stereocenters. The highest BCUT2D eigenvalue weighted by Gasteiger charge is 2.45. The van der Waals surface area contributed by atoms with Crippen LogP contribution in [0.3, 0.4) is 0 Å². The van der Waals surface area contributed by atoms with Gasteiger partial charge in [0.1, 0.15) is 5.82 Å². The molecule has 1 aliphatic carbocycles. The lowest BCUT2D eigenvalue weighted by molar-refractivity contribution is -0.136. The minimum Gasteiger partial charge on any atom is -0.337 e. The van der Waals surface area contributed by atoms with Crippen molar-refractivity contribution in [1.82, 2.24) is 19.7 Å². The third kappa shape index (κ3) is 2.14. The molecule has 2 N–H and O–H groups in total. The molecule has 6 heteroatoms. The van der Waals surface area contributed by atoms with Gasteiger partial charge in [-0.25, -0.2) is 0 Å². The summed E-state index contributed by atoms with van der Waals surface area (Å²) in [7, 11) is 1.80. The van der Waals surface area contributed by atoms with Crippen molar-refractivity contribution in [3.63, 3.8) is 0 Å². The van der Waals surface area contributed by atoms with Crippen LogP contribution in [0.25, 0.3) is 0 Å². The summed E-state index contributed by atoms with van der Waals surface area (Å²) in [5, 5.41) is 8.34. The first-order valence-electron chi connectivity index (χ1n) is 6.95.